The summed E-state index contributed by atoms with van der Waals surface area (Å²) in [6, 6.07) is 0. The van der Waals surface area contributed by atoms with Gasteiger partial charge in [0, 0.05) is 6.26 Å². The fourth-order valence-corrected chi connectivity index (χ4v) is 1.65. The zero-order valence-electron chi connectivity index (χ0n) is 9.91. The first-order valence-electron chi connectivity index (χ1n) is 4.97. The molecule has 0 saturated carbocycles. The molecule has 0 aromatic rings. The van der Waals surface area contributed by atoms with E-state index in [1.54, 1.807) is 0 Å². The highest BCUT2D eigenvalue weighted by molar-refractivity contribution is 7.90. The Kier molecular flexibility index (Phi) is 6.32. The highest BCUT2D eigenvalue weighted by Gasteiger charge is 2.01. The van der Waals surface area contributed by atoms with Crippen LogP contribution in [0.4, 0.5) is 0 Å². The Bertz CT molecular complexity index is 333. The molecule has 3 nitrogen and oxygen atoms in total. The molecule has 15 heavy (non-hydrogen) atoms. The number of hydrogen-bond acceptors (Lipinski definition) is 3. The van der Waals surface area contributed by atoms with E-state index in [4.69, 9.17) is 4.74 Å². The minimum Gasteiger partial charge on any atom is -0.494 e. The fraction of sp³-hybridized carbons (Fsp3) is 0.636. The van der Waals surface area contributed by atoms with Crippen LogP contribution in [0.5, 0.6) is 0 Å². The van der Waals surface area contributed by atoms with Crippen LogP contribution in [0.2, 0.25) is 0 Å². The number of sulfone groups is 1. The Labute approximate surface area is 92.7 Å². The van der Waals surface area contributed by atoms with Crippen molar-refractivity contribution in [3.8, 4) is 0 Å². The smallest absolute Gasteiger partial charge is 0.147 e. The van der Waals surface area contributed by atoms with Gasteiger partial charge in [0.1, 0.15) is 15.6 Å². The van der Waals surface area contributed by atoms with Gasteiger partial charge in [-0.3, -0.25) is 0 Å². The third-order valence-corrected chi connectivity index (χ3v) is 2.67. The van der Waals surface area contributed by atoms with Crippen LogP contribution in [-0.2, 0) is 14.6 Å². The molecule has 0 unspecified atom stereocenters. The van der Waals surface area contributed by atoms with Crippen molar-refractivity contribution in [1.29, 1.82) is 0 Å². The lowest BCUT2D eigenvalue weighted by molar-refractivity contribution is 0.224. The summed E-state index contributed by atoms with van der Waals surface area (Å²) in [6.45, 7) is 6.31. The summed E-state index contributed by atoms with van der Waals surface area (Å²) < 4.78 is 27.1. The summed E-state index contributed by atoms with van der Waals surface area (Å²) in [4.78, 5) is 0. The molecular formula is C11H20O3S. The van der Waals surface area contributed by atoms with Crippen molar-refractivity contribution in [3.63, 3.8) is 0 Å². The third-order valence-electron chi connectivity index (χ3n) is 1.64. The van der Waals surface area contributed by atoms with Gasteiger partial charge >= 0.3 is 0 Å². The molecule has 0 heterocycles. The van der Waals surface area contributed by atoms with Gasteiger partial charge in [0.05, 0.1) is 12.4 Å². The molecular weight excluding hydrogens is 212 g/mol. The van der Waals surface area contributed by atoms with Crippen LogP contribution in [-0.4, -0.2) is 27.0 Å². The SMILES string of the molecule is CC=C(C=C(C)C)OCCCS(C)(=O)=O. The molecule has 0 radical (unpaired) electrons. The highest BCUT2D eigenvalue weighted by atomic mass is 32.2. The van der Waals surface area contributed by atoms with Crippen LogP contribution < -0.4 is 0 Å². The van der Waals surface area contributed by atoms with Crippen LogP contribution in [0.25, 0.3) is 0 Å². The van der Waals surface area contributed by atoms with Crippen LogP contribution in [0.3, 0.4) is 0 Å². The maximum atomic E-state index is 10.8. The third kappa shape index (κ3) is 9.53. The first-order valence-corrected chi connectivity index (χ1v) is 7.03. The number of ether oxygens (including phenoxy) is 1. The van der Waals surface area contributed by atoms with E-state index in [2.05, 4.69) is 0 Å². The van der Waals surface area contributed by atoms with E-state index in [9.17, 15) is 8.42 Å². The minimum absolute atomic E-state index is 0.179. The van der Waals surface area contributed by atoms with E-state index in [1.807, 2.05) is 32.9 Å². The molecule has 0 aromatic carbocycles. The second-order valence-corrected chi connectivity index (χ2v) is 6.00. The average molecular weight is 232 g/mol. The monoisotopic (exact) mass is 232 g/mol. The first-order chi connectivity index (χ1) is 6.85. The van der Waals surface area contributed by atoms with E-state index >= 15 is 0 Å². The van der Waals surface area contributed by atoms with Crippen LogP contribution in [0.1, 0.15) is 27.2 Å². The largest absolute Gasteiger partial charge is 0.494 e. The van der Waals surface area contributed by atoms with Gasteiger partial charge in [0.15, 0.2) is 0 Å². The summed E-state index contributed by atoms with van der Waals surface area (Å²) in [5.74, 6) is 0.974. The average Bonchev–Trinajstić information content (AvgIpc) is 2.08. The summed E-state index contributed by atoms with van der Waals surface area (Å²) in [6.07, 6.45) is 5.57. The minimum atomic E-state index is -2.87. The van der Waals surface area contributed by atoms with Gasteiger partial charge in [-0.25, -0.2) is 8.42 Å². The summed E-state index contributed by atoms with van der Waals surface area (Å²) in [7, 11) is -2.87. The van der Waals surface area contributed by atoms with E-state index in [0.29, 0.717) is 13.0 Å². The predicted molar refractivity (Wildman–Crippen MR) is 63.5 cm³/mol. The molecule has 0 atom stereocenters. The Balaban J connectivity index is 3.91. The topological polar surface area (TPSA) is 43.4 Å². The van der Waals surface area contributed by atoms with Gasteiger partial charge in [-0.05, 0) is 39.3 Å². The van der Waals surface area contributed by atoms with Crippen LogP contribution >= 0.6 is 0 Å². The zero-order chi connectivity index (χ0) is 11.9. The maximum absolute atomic E-state index is 10.8. The molecule has 0 aliphatic rings. The van der Waals surface area contributed by atoms with Gasteiger partial charge in [-0.2, -0.15) is 0 Å². The lowest BCUT2D eigenvalue weighted by Gasteiger charge is -2.06. The highest BCUT2D eigenvalue weighted by Crippen LogP contribution is 2.04. The summed E-state index contributed by atoms with van der Waals surface area (Å²) >= 11 is 0. The normalized spacial score (nSPS) is 12.4. The van der Waals surface area contributed by atoms with Crippen LogP contribution in [0.15, 0.2) is 23.5 Å². The first kappa shape index (κ1) is 14.2. The standard InChI is InChI=1S/C11H20O3S/c1-5-11(9-10(2)3)14-7-6-8-15(4,12)13/h5,9H,6-8H2,1-4H3. The second kappa shape index (κ2) is 6.67. The van der Waals surface area contributed by atoms with Crippen molar-refractivity contribution in [1.82, 2.24) is 0 Å². The molecule has 0 fully saturated rings. The Morgan fingerprint density at radius 1 is 1.33 bits per heavy atom. The Morgan fingerprint density at radius 2 is 1.93 bits per heavy atom. The van der Waals surface area contributed by atoms with Crippen LogP contribution in [0, 0.1) is 0 Å². The molecule has 4 heteroatoms. The summed E-state index contributed by atoms with van der Waals surface area (Å²) in [5.41, 5.74) is 1.16. The van der Waals surface area contributed by atoms with Crippen molar-refractivity contribution < 1.29 is 13.2 Å². The van der Waals surface area contributed by atoms with Gasteiger partial charge in [-0.1, -0.05) is 5.57 Å². The van der Waals surface area contributed by atoms with Crippen molar-refractivity contribution in [3.05, 3.63) is 23.5 Å². The van der Waals surface area contributed by atoms with Crippen molar-refractivity contribution in [2.24, 2.45) is 0 Å². The van der Waals surface area contributed by atoms with E-state index in [1.165, 1.54) is 6.26 Å². The fourth-order valence-electron chi connectivity index (χ4n) is 1.00. The predicted octanol–water partition coefficient (Wildman–Crippen LogP) is 2.31. The Hall–Kier alpha value is -0.770. The van der Waals surface area contributed by atoms with E-state index in [0.717, 1.165) is 11.3 Å². The maximum Gasteiger partial charge on any atom is 0.147 e. The molecule has 0 saturated heterocycles. The molecule has 0 amide bonds. The van der Waals surface area contributed by atoms with Gasteiger partial charge in [0.2, 0.25) is 0 Å². The molecule has 0 bridgehead atoms. The molecule has 0 rings (SSSR count). The van der Waals surface area contributed by atoms with Gasteiger partial charge in [-0.15, -0.1) is 0 Å². The van der Waals surface area contributed by atoms with E-state index < -0.39 is 9.84 Å². The zero-order valence-corrected chi connectivity index (χ0v) is 10.7. The molecule has 0 spiro atoms. The quantitative estimate of drug-likeness (QED) is 0.401. The van der Waals surface area contributed by atoms with Gasteiger partial charge < -0.3 is 4.74 Å². The summed E-state index contributed by atoms with van der Waals surface area (Å²) in [5, 5.41) is 0. The molecule has 88 valence electrons. The van der Waals surface area contributed by atoms with Gasteiger partial charge in [0.25, 0.3) is 0 Å². The lowest BCUT2D eigenvalue weighted by Crippen LogP contribution is -2.06. The number of hydrogen-bond donors (Lipinski definition) is 0. The lowest BCUT2D eigenvalue weighted by atomic mass is 10.3. The van der Waals surface area contributed by atoms with Crippen molar-refractivity contribution in [2.75, 3.05) is 18.6 Å². The molecule has 0 N–H and O–H groups in total. The van der Waals surface area contributed by atoms with E-state index in [-0.39, 0.29) is 5.75 Å². The second-order valence-electron chi connectivity index (χ2n) is 3.74. The Morgan fingerprint density at radius 3 is 2.33 bits per heavy atom. The van der Waals surface area contributed by atoms with Crippen molar-refractivity contribution >= 4 is 9.84 Å². The number of allylic oxidation sites excluding steroid dienone is 3. The molecule has 0 aliphatic carbocycles. The number of rotatable bonds is 6. The molecule has 0 aliphatic heterocycles. The molecule has 0 aromatic heterocycles. The van der Waals surface area contributed by atoms with Crippen molar-refractivity contribution in [2.45, 2.75) is 27.2 Å².